The molecule has 0 fully saturated rings. The van der Waals surface area contributed by atoms with Gasteiger partial charge in [0, 0.05) is 0 Å². The summed E-state index contributed by atoms with van der Waals surface area (Å²) >= 11 is 0. The summed E-state index contributed by atoms with van der Waals surface area (Å²) in [5.74, 6) is -0.699. The molecule has 0 aliphatic rings. The molecule has 0 aromatic rings. The van der Waals surface area contributed by atoms with Gasteiger partial charge in [-0.3, -0.25) is 10.1 Å². The first-order valence-corrected chi connectivity index (χ1v) is 1.75. The Morgan fingerprint density at radius 2 is 2.50 bits per heavy atom. The SMILES string of the molecule is CO/C(O)=C/[N+](=O)[O-]. The smallest absolute Gasteiger partial charge is 0.350 e. The van der Waals surface area contributed by atoms with Crippen LogP contribution in [0.5, 0.6) is 0 Å². The molecule has 0 aromatic carbocycles. The number of aliphatic hydroxyl groups excluding tert-OH is 1. The lowest BCUT2D eigenvalue weighted by atomic mass is 10.9. The molecule has 0 radical (unpaired) electrons. The fraction of sp³-hybridized carbons (Fsp3) is 0.333. The first kappa shape index (κ1) is 6.74. The molecule has 0 spiro atoms. The molecule has 0 unspecified atom stereocenters. The third kappa shape index (κ3) is 2.95. The summed E-state index contributed by atoms with van der Waals surface area (Å²) < 4.78 is 4.04. The van der Waals surface area contributed by atoms with Crippen LogP contribution in [0.1, 0.15) is 0 Å². The van der Waals surface area contributed by atoms with Gasteiger partial charge in [0.2, 0.25) is 0 Å². The average Bonchev–Trinajstić information content (AvgIpc) is 1.65. The maximum atomic E-state index is 9.46. The lowest BCUT2D eigenvalue weighted by Crippen LogP contribution is -1.90. The highest BCUT2D eigenvalue weighted by atomic mass is 16.6. The van der Waals surface area contributed by atoms with E-state index >= 15 is 0 Å². The van der Waals surface area contributed by atoms with E-state index in [1.165, 1.54) is 0 Å². The molecule has 8 heavy (non-hydrogen) atoms. The zero-order valence-corrected chi connectivity index (χ0v) is 4.20. The van der Waals surface area contributed by atoms with Crippen molar-refractivity contribution in [2.75, 3.05) is 7.11 Å². The van der Waals surface area contributed by atoms with Gasteiger partial charge < -0.3 is 9.84 Å². The highest BCUT2D eigenvalue weighted by Crippen LogP contribution is 1.85. The molecular formula is C3H5NO4. The molecular weight excluding hydrogens is 114 g/mol. The minimum Gasteiger partial charge on any atom is -0.476 e. The number of rotatable bonds is 2. The molecule has 0 amide bonds. The van der Waals surface area contributed by atoms with Gasteiger partial charge in [-0.2, -0.15) is 0 Å². The van der Waals surface area contributed by atoms with E-state index in [4.69, 9.17) is 5.11 Å². The van der Waals surface area contributed by atoms with E-state index in [0.717, 1.165) is 7.11 Å². The number of nitro groups is 1. The van der Waals surface area contributed by atoms with Crippen molar-refractivity contribution in [3.8, 4) is 0 Å². The van der Waals surface area contributed by atoms with Crippen molar-refractivity contribution in [2.45, 2.75) is 0 Å². The van der Waals surface area contributed by atoms with Crippen molar-refractivity contribution < 1.29 is 14.8 Å². The van der Waals surface area contributed by atoms with Crippen molar-refractivity contribution in [3.05, 3.63) is 22.3 Å². The molecule has 0 aromatic heterocycles. The lowest BCUT2D eigenvalue weighted by molar-refractivity contribution is -0.407. The molecule has 0 aliphatic carbocycles. The molecule has 0 saturated carbocycles. The summed E-state index contributed by atoms with van der Waals surface area (Å²) in [5.41, 5.74) is 0. The summed E-state index contributed by atoms with van der Waals surface area (Å²) in [6, 6.07) is 0. The minimum absolute atomic E-state index is 0.361. The fourth-order valence-corrected chi connectivity index (χ4v) is 0.143. The van der Waals surface area contributed by atoms with Crippen LogP contribution in [0.4, 0.5) is 0 Å². The second-order valence-corrected chi connectivity index (χ2v) is 0.957. The lowest BCUT2D eigenvalue weighted by Gasteiger charge is -1.88. The number of ether oxygens (including phenoxy) is 1. The number of methoxy groups -OCH3 is 1. The van der Waals surface area contributed by atoms with Gasteiger partial charge in [0.15, 0.2) is 0 Å². The first-order chi connectivity index (χ1) is 3.66. The van der Waals surface area contributed by atoms with Gasteiger partial charge in [0.05, 0.1) is 12.0 Å². The van der Waals surface area contributed by atoms with E-state index in [2.05, 4.69) is 4.74 Å². The van der Waals surface area contributed by atoms with Gasteiger partial charge in [-0.1, -0.05) is 0 Å². The molecule has 0 atom stereocenters. The Bertz CT molecular complexity index is 118. The van der Waals surface area contributed by atoms with E-state index in [9.17, 15) is 10.1 Å². The van der Waals surface area contributed by atoms with Gasteiger partial charge in [-0.05, 0) is 0 Å². The maximum absolute atomic E-state index is 9.46. The van der Waals surface area contributed by atoms with E-state index < -0.39 is 10.9 Å². The fourth-order valence-electron chi connectivity index (χ4n) is 0.143. The third-order valence-corrected chi connectivity index (χ3v) is 0.425. The zero-order valence-electron chi connectivity index (χ0n) is 4.20. The Morgan fingerprint density at radius 1 is 2.00 bits per heavy atom. The number of hydrogen-bond acceptors (Lipinski definition) is 4. The van der Waals surface area contributed by atoms with E-state index in [-0.39, 0.29) is 0 Å². The Balaban J connectivity index is 3.75. The number of nitrogens with zero attached hydrogens (tertiary/aromatic N) is 1. The van der Waals surface area contributed by atoms with Crippen LogP contribution in [-0.2, 0) is 4.74 Å². The summed E-state index contributed by atoms with van der Waals surface area (Å²) in [7, 11) is 1.13. The average molecular weight is 119 g/mol. The second kappa shape index (κ2) is 2.84. The van der Waals surface area contributed by atoms with Gasteiger partial charge >= 0.3 is 12.1 Å². The van der Waals surface area contributed by atoms with E-state index in [0.29, 0.717) is 6.20 Å². The van der Waals surface area contributed by atoms with Crippen molar-refractivity contribution in [1.82, 2.24) is 0 Å². The zero-order chi connectivity index (χ0) is 6.57. The van der Waals surface area contributed by atoms with Crippen LogP contribution < -0.4 is 0 Å². The Labute approximate surface area is 45.3 Å². The van der Waals surface area contributed by atoms with Crippen molar-refractivity contribution in [2.24, 2.45) is 0 Å². The van der Waals surface area contributed by atoms with Crippen LogP contribution in [0, 0.1) is 10.1 Å². The van der Waals surface area contributed by atoms with E-state index in [1.54, 1.807) is 0 Å². The van der Waals surface area contributed by atoms with Crippen LogP contribution in [0.2, 0.25) is 0 Å². The van der Waals surface area contributed by atoms with Gasteiger partial charge in [-0.15, -0.1) is 0 Å². The Kier molecular flexibility index (Phi) is 2.39. The predicted molar refractivity (Wildman–Crippen MR) is 24.7 cm³/mol. The predicted octanol–water partition coefficient (Wildman–Crippen LogP) is 0.266. The quantitative estimate of drug-likeness (QED) is 0.321. The summed E-state index contributed by atoms with van der Waals surface area (Å²) in [6.45, 7) is 0. The largest absolute Gasteiger partial charge is 0.476 e. The van der Waals surface area contributed by atoms with Crippen molar-refractivity contribution in [3.63, 3.8) is 0 Å². The molecule has 0 heterocycles. The first-order valence-electron chi connectivity index (χ1n) is 1.75. The van der Waals surface area contributed by atoms with Crippen molar-refractivity contribution in [1.29, 1.82) is 0 Å². The molecule has 0 aliphatic heterocycles. The molecule has 1 N–H and O–H groups in total. The van der Waals surface area contributed by atoms with E-state index in [1.807, 2.05) is 0 Å². The summed E-state index contributed by atoms with van der Waals surface area (Å²) in [6.07, 6.45) is 0.361. The second-order valence-electron chi connectivity index (χ2n) is 0.957. The Hall–Kier alpha value is -1.26. The third-order valence-electron chi connectivity index (χ3n) is 0.425. The van der Waals surface area contributed by atoms with Crippen LogP contribution in [0.25, 0.3) is 0 Å². The summed E-state index contributed by atoms with van der Waals surface area (Å²) in [5, 5.41) is 17.7. The monoisotopic (exact) mass is 119 g/mol. The van der Waals surface area contributed by atoms with Crippen LogP contribution in [0.15, 0.2) is 12.1 Å². The molecule has 0 rings (SSSR count). The maximum Gasteiger partial charge on any atom is 0.350 e. The minimum atomic E-state index is -0.807. The topological polar surface area (TPSA) is 72.6 Å². The Morgan fingerprint density at radius 3 is 2.62 bits per heavy atom. The molecule has 0 saturated heterocycles. The van der Waals surface area contributed by atoms with Crippen LogP contribution >= 0.6 is 0 Å². The van der Waals surface area contributed by atoms with Gasteiger partial charge in [0.1, 0.15) is 0 Å². The summed E-state index contributed by atoms with van der Waals surface area (Å²) in [4.78, 5) is 8.65. The molecule has 0 bridgehead atoms. The molecule has 5 heteroatoms. The highest BCUT2D eigenvalue weighted by molar-refractivity contribution is 4.68. The van der Waals surface area contributed by atoms with Crippen LogP contribution in [0.3, 0.4) is 0 Å². The number of hydrogen-bond donors (Lipinski definition) is 1. The standard InChI is InChI=1S/C3H5NO4/c1-8-3(5)2-4(6)7/h2,5H,1H3/b3-2+. The van der Waals surface area contributed by atoms with Gasteiger partial charge in [0.25, 0.3) is 0 Å². The van der Waals surface area contributed by atoms with Crippen LogP contribution in [-0.4, -0.2) is 17.1 Å². The molecule has 46 valence electrons. The molecule has 5 nitrogen and oxygen atoms in total. The highest BCUT2D eigenvalue weighted by Gasteiger charge is 1.94. The number of aliphatic hydroxyl groups is 1. The normalized spacial score (nSPS) is 10.9. The van der Waals surface area contributed by atoms with Crippen molar-refractivity contribution >= 4 is 0 Å². The van der Waals surface area contributed by atoms with Gasteiger partial charge in [-0.25, -0.2) is 0 Å².